The van der Waals surface area contributed by atoms with Crippen LogP contribution in [0.4, 0.5) is 11.4 Å². The fourth-order valence-corrected chi connectivity index (χ4v) is 2.90. The molecule has 2 radical (unpaired) electrons. The number of amides is 1. The molecule has 1 fully saturated rings. The van der Waals surface area contributed by atoms with Crippen molar-refractivity contribution < 1.29 is 9.53 Å². The van der Waals surface area contributed by atoms with Crippen LogP contribution in [-0.4, -0.2) is 59.0 Å². The second-order valence-corrected chi connectivity index (χ2v) is 6.25. The van der Waals surface area contributed by atoms with E-state index < -0.39 is 0 Å². The Bertz CT molecular complexity index is 741. The van der Waals surface area contributed by atoms with Gasteiger partial charge in [-0.25, -0.2) is 0 Å². The lowest BCUT2D eigenvalue weighted by Gasteiger charge is -2.34. The van der Waals surface area contributed by atoms with Gasteiger partial charge in [0, 0.05) is 37.4 Å². The predicted molar refractivity (Wildman–Crippen MR) is 102 cm³/mol. The average molecular weight is 335 g/mol. The molecule has 1 aliphatic rings. The third kappa shape index (κ3) is 4.14. The number of anilines is 2. The molecule has 25 heavy (non-hydrogen) atoms. The molecule has 1 saturated heterocycles. The quantitative estimate of drug-likeness (QED) is 0.860. The molecule has 3 rings (SSSR count). The third-order valence-electron chi connectivity index (χ3n) is 4.45. The zero-order valence-corrected chi connectivity index (χ0v) is 14.7. The summed E-state index contributed by atoms with van der Waals surface area (Å²) in [7, 11) is 9.46. The minimum atomic E-state index is -0.158. The molecular weight excluding hydrogens is 313 g/mol. The van der Waals surface area contributed by atoms with E-state index in [0.717, 1.165) is 43.3 Å². The number of carbonyl (C=O) groups excluding carboxylic acids is 1. The Morgan fingerprint density at radius 3 is 2.40 bits per heavy atom. The number of nitrogens with one attached hydrogen (secondary N) is 1. The van der Waals surface area contributed by atoms with E-state index in [1.807, 2.05) is 18.2 Å². The molecular formula is C19H22BN3O2. The van der Waals surface area contributed by atoms with Crippen LogP contribution in [0.15, 0.2) is 42.5 Å². The molecule has 0 unspecified atom stereocenters. The summed E-state index contributed by atoms with van der Waals surface area (Å²) < 4.78 is 5.50. The Labute approximate surface area is 150 Å². The van der Waals surface area contributed by atoms with Crippen LogP contribution in [0.1, 0.15) is 10.4 Å². The van der Waals surface area contributed by atoms with Crippen molar-refractivity contribution in [2.75, 3.05) is 50.6 Å². The molecule has 128 valence electrons. The largest absolute Gasteiger partial charge is 0.495 e. The fraction of sp³-hybridized carbons (Fsp3) is 0.316. The van der Waals surface area contributed by atoms with Gasteiger partial charge >= 0.3 is 0 Å². The van der Waals surface area contributed by atoms with Gasteiger partial charge in [-0.05, 0) is 25.2 Å². The van der Waals surface area contributed by atoms with Crippen molar-refractivity contribution in [1.29, 1.82) is 0 Å². The highest BCUT2D eigenvalue weighted by Gasteiger charge is 2.18. The van der Waals surface area contributed by atoms with E-state index in [4.69, 9.17) is 12.6 Å². The molecule has 1 N–H and O–H groups in total. The summed E-state index contributed by atoms with van der Waals surface area (Å²) in [5.41, 5.74) is 2.96. The summed E-state index contributed by atoms with van der Waals surface area (Å²) in [4.78, 5) is 17.0. The van der Waals surface area contributed by atoms with Gasteiger partial charge in [0.15, 0.2) is 0 Å². The van der Waals surface area contributed by atoms with Crippen molar-refractivity contribution in [3.8, 4) is 5.75 Å². The minimum Gasteiger partial charge on any atom is -0.495 e. The third-order valence-corrected chi connectivity index (χ3v) is 4.45. The molecule has 2 aromatic carbocycles. The first-order valence-corrected chi connectivity index (χ1v) is 8.35. The Morgan fingerprint density at radius 1 is 1.08 bits per heavy atom. The summed E-state index contributed by atoms with van der Waals surface area (Å²) in [6.45, 7) is 3.88. The SMILES string of the molecule is [B]c1ccc(C(=O)Nc2ccc(OC)c(N3CCN(C)CC3)c2)cc1. The molecule has 5 nitrogen and oxygen atoms in total. The first-order chi connectivity index (χ1) is 12.1. The molecule has 0 aliphatic carbocycles. The normalized spacial score (nSPS) is 15.0. The number of nitrogens with zero attached hydrogens (tertiary/aromatic N) is 2. The van der Waals surface area contributed by atoms with Crippen LogP contribution in [0.3, 0.4) is 0 Å². The Hall–Kier alpha value is -2.47. The van der Waals surface area contributed by atoms with Crippen LogP contribution >= 0.6 is 0 Å². The number of rotatable bonds is 4. The molecule has 2 aromatic rings. The predicted octanol–water partition coefficient (Wildman–Crippen LogP) is 1.49. The van der Waals surface area contributed by atoms with E-state index in [-0.39, 0.29) is 5.91 Å². The van der Waals surface area contributed by atoms with Crippen LogP contribution in [0.5, 0.6) is 5.75 Å². The van der Waals surface area contributed by atoms with E-state index in [2.05, 4.69) is 22.2 Å². The second kappa shape index (κ2) is 7.61. The van der Waals surface area contributed by atoms with E-state index in [0.29, 0.717) is 11.0 Å². The van der Waals surface area contributed by atoms with Crippen LogP contribution in [0, 0.1) is 0 Å². The monoisotopic (exact) mass is 335 g/mol. The maximum atomic E-state index is 12.4. The minimum absolute atomic E-state index is 0.158. The maximum Gasteiger partial charge on any atom is 0.255 e. The Kier molecular flexibility index (Phi) is 5.29. The summed E-state index contributed by atoms with van der Waals surface area (Å²) in [6.07, 6.45) is 0. The van der Waals surface area contributed by atoms with Crippen LogP contribution in [0.25, 0.3) is 0 Å². The van der Waals surface area contributed by atoms with Crippen LogP contribution in [0.2, 0.25) is 0 Å². The van der Waals surface area contributed by atoms with E-state index in [1.165, 1.54) is 0 Å². The molecule has 6 heteroatoms. The first kappa shape index (κ1) is 17.4. The maximum absolute atomic E-state index is 12.4. The number of likely N-dealkylation sites (N-methyl/N-ethyl adjacent to an activating group) is 1. The molecule has 0 atom stereocenters. The van der Waals surface area contributed by atoms with Crippen molar-refractivity contribution in [2.24, 2.45) is 0 Å². The molecule has 1 amide bonds. The number of ether oxygens (including phenoxy) is 1. The average Bonchev–Trinajstić information content (AvgIpc) is 2.63. The van der Waals surface area contributed by atoms with Gasteiger partial charge in [0.2, 0.25) is 0 Å². The number of piperazine rings is 1. The molecule has 0 spiro atoms. The smallest absolute Gasteiger partial charge is 0.255 e. The number of hydrogen-bond donors (Lipinski definition) is 1. The summed E-state index contributed by atoms with van der Waals surface area (Å²) >= 11 is 0. The van der Waals surface area contributed by atoms with Gasteiger partial charge in [-0.1, -0.05) is 29.7 Å². The summed E-state index contributed by atoms with van der Waals surface area (Å²) in [6, 6.07) is 12.6. The number of carbonyl (C=O) groups is 1. The van der Waals surface area contributed by atoms with Crippen LogP contribution < -0.4 is 20.4 Å². The zero-order chi connectivity index (χ0) is 17.8. The molecule has 1 aliphatic heterocycles. The van der Waals surface area contributed by atoms with Gasteiger partial charge in [-0.3, -0.25) is 4.79 Å². The Balaban J connectivity index is 1.79. The topological polar surface area (TPSA) is 44.8 Å². The van der Waals surface area contributed by atoms with E-state index in [9.17, 15) is 4.79 Å². The number of hydrogen-bond acceptors (Lipinski definition) is 4. The molecule has 0 aromatic heterocycles. The summed E-state index contributed by atoms with van der Waals surface area (Å²) in [5, 5.41) is 2.94. The molecule has 0 saturated carbocycles. The van der Waals surface area contributed by atoms with Crippen molar-refractivity contribution in [3.05, 3.63) is 48.0 Å². The van der Waals surface area contributed by atoms with Crippen molar-refractivity contribution in [2.45, 2.75) is 0 Å². The number of methoxy groups -OCH3 is 1. The van der Waals surface area contributed by atoms with Gasteiger partial charge < -0.3 is 19.9 Å². The van der Waals surface area contributed by atoms with Gasteiger partial charge in [0.05, 0.1) is 12.8 Å². The highest BCUT2D eigenvalue weighted by atomic mass is 16.5. The van der Waals surface area contributed by atoms with Gasteiger partial charge in [0.1, 0.15) is 13.6 Å². The molecule has 1 heterocycles. The van der Waals surface area contributed by atoms with Crippen molar-refractivity contribution in [1.82, 2.24) is 4.90 Å². The fourth-order valence-electron chi connectivity index (χ4n) is 2.90. The van der Waals surface area contributed by atoms with Crippen molar-refractivity contribution in [3.63, 3.8) is 0 Å². The molecule has 0 bridgehead atoms. The van der Waals surface area contributed by atoms with E-state index in [1.54, 1.807) is 31.4 Å². The lowest BCUT2D eigenvalue weighted by Crippen LogP contribution is -2.44. The second-order valence-electron chi connectivity index (χ2n) is 6.25. The lowest BCUT2D eigenvalue weighted by molar-refractivity contribution is 0.102. The standard InChI is InChI=1S/C19H22BN3O2/c1-22-9-11-23(12-10-22)17-13-16(7-8-18(17)25-2)21-19(24)14-3-5-15(20)6-4-14/h3-8,13H,9-12H2,1-2H3,(H,21,24). The lowest BCUT2D eigenvalue weighted by atomic mass is 9.95. The highest BCUT2D eigenvalue weighted by Crippen LogP contribution is 2.32. The zero-order valence-electron chi connectivity index (χ0n) is 14.7. The van der Waals surface area contributed by atoms with E-state index >= 15 is 0 Å². The van der Waals surface area contributed by atoms with Gasteiger partial charge in [-0.2, -0.15) is 0 Å². The van der Waals surface area contributed by atoms with Crippen LogP contribution in [-0.2, 0) is 0 Å². The van der Waals surface area contributed by atoms with Crippen molar-refractivity contribution >= 4 is 30.6 Å². The van der Waals surface area contributed by atoms with Gasteiger partial charge in [0.25, 0.3) is 5.91 Å². The Morgan fingerprint density at radius 2 is 1.76 bits per heavy atom. The first-order valence-electron chi connectivity index (χ1n) is 8.35. The number of benzene rings is 2. The summed E-state index contributed by atoms with van der Waals surface area (Å²) in [5.74, 6) is 0.657. The highest BCUT2D eigenvalue weighted by molar-refractivity contribution is 6.32. The van der Waals surface area contributed by atoms with Gasteiger partial charge in [-0.15, -0.1) is 0 Å².